The van der Waals surface area contributed by atoms with Gasteiger partial charge in [-0.05, 0) is 73.2 Å². The normalized spacial score (nSPS) is 10.5. The third kappa shape index (κ3) is 4.67. The maximum Gasteiger partial charge on any atom is 0.234 e. The first-order chi connectivity index (χ1) is 9.95. The predicted molar refractivity (Wildman–Crippen MR) is 94.8 cm³/mol. The molecule has 1 N–H and O–H groups in total. The molecule has 0 saturated carbocycles. The van der Waals surface area contributed by atoms with Gasteiger partial charge in [0.05, 0.1) is 5.75 Å². The lowest BCUT2D eigenvalue weighted by molar-refractivity contribution is -0.113. The average Bonchev–Trinajstić information content (AvgIpc) is 2.45. The Morgan fingerprint density at radius 3 is 2.29 bits per heavy atom. The average molecular weight is 413 g/mol. The Hall–Kier alpha value is -1.15. The van der Waals surface area contributed by atoms with Crippen LogP contribution in [-0.4, -0.2) is 21.6 Å². The van der Waals surface area contributed by atoms with Crippen LogP contribution in [0.4, 0.5) is 5.69 Å². The largest absolute Gasteiger partial charge is 0.325 e. The Morgan fingerprint density at radius 2 is 1.71 bits per heavy atom. The number of carbonyl (C=O) groups is 1. The van der Waals surface area contributed by atoms with Crippen molar-refractivity contribution in [3.8, 4) is 0 Å². The molecule has 0 bridgehead atoms. The number of thioether (sulfide) groups is 1. The molecule has 1 aromatic heterocycles. The summed E-state index contributed by atoms with van der Waals surface area (Å²) in [7, 11) is 0. The number of amides is 1. The number of nitrogens with one attached hydrogen (secondary N) is 1. The number of aryl methyl sites for hydroxylation is 2. The Labute approximate surface area is 142 Å². The fourth-order valence-electron chi connectivity index (χ4n) is 1.67. The van der Waals surface area contributed by atoms with Gasteiger partial charge in [0, 0.05) is 20.6 Å². The van der Waals surface area contributed by atoms with Crippen LogP contribution in [0.2, 0.25) is 0 Å². The SMILES string of the molecule is Cc1nc(SCC(=O)Nc2ccc(I)cc2)nc(C)c1C. The second-order valence-corrected chi connectivity index (χ2v) is 6.83. The van der Waals surface area contributed by atoms with E-state index in [0.29, 0.717) is 10.9 Å². The monoisotopic (exact) mass is 413 g/mol. The number of anilines is 1. The number of halogens is 1. The molecule has 1 aromatic carbocycles. The summed E-state index contributed by atoms with van der Waals surface area (Å²) in [6.45, 7) is 5.92. The molecule has 1 heterocycles. The smallest absolute Gasteiger partial charge is 0.234 e. The molecule has 4 nitrogen and oxygen atoms in total. The van der Waals surface area contributed by atoms with Gasteiger partial charge in [-0.15, -0.1) is 0 Å². The summed E-state index contributed by atoms with van der Waals surface area (Å²) < 4.78 is 1.14. The number of nitrogens with zero attached hydrogens (tertiary/aromatic N) is 2. The van der Waals surface area contributed by atoms with Crippen molar-refractivity contribution in [3.63, 3.8) is 0 Å². The van der Waals surface area contributed by atoms with Crippen LogP contribution < -0.4 is 5.32 Å². The highest BCUT2D eigenvalue weighted by atomic mass is 127. The molecular weight excluding hydrogens is 397 g/mol. The number of hydrogen-bond acceptors (Lipinski definition) is 4. The fraction of sp³-hybridized carbons (Fsp3) is 0.267. The van der Waals surface area contributed by atoms with Crippen molar-refractivity contribution in [1.82, 2.24) is 9.97 Å². The van der Waals surface area contributed by atoms with E-state index in [-0.39, 0.29) is 5.91 Å². The molecular formula is C15H16IN3OS. The van der Waals surface area contributed by atoms with Crippen LogP contribution in [0.5, 0.6) is 0 Å². The number of benzene rings is 1. The van der Waals surface area contributed by atoms with Crippen LogP contribution in [0.3, 0.4) is 0 Å². The Kier molecular flexibility index (Phi) is 5.58. The highest BCUT2D eigenvalue weighted by Gasteiger charge is 2.08. The summed E-state index contributed by atoms with van der Waals surface area (Å²) in [5, 5.41) is 3.51. The molecule has 0 fully saturated rings. The minimum atomic E-state index is -0.0549. The van der Waals surface area contributed by atoms with E-state index in [1.165, 1.54) is 11.8 Å². The quantitative estimate of drug-likeness (QED) is 0.472. The molecule has 6 heteroatoms. The molecule has 0 unspecified atom stereocenters. The molecule has 0 atom stereocenters. The predicted octanol–water partition coefficient (Wildman–Crippen LogP) is 3.74. The van der Waals surface area contributed by atoms with E-state index in [1.807, 2.05) is 45.0 Å². The lowest BCUT2D eigenvalue weighted by Crippen LogP contribution is -2.14. The highest BCUT2D eigenvalue weighted by Crippen LogP contribution is 2.18. The molecule has 0 aliphatic heterocycles. The van der Waals surface area contributed by atoms with Gasteiger partial charge in [-0.2, -0.15) is 0 Å². The Balaban J connectivity index is 1.93. The van der Waals surface area contributed by atoms with Crippen LogP contribution in [0, 0.1) is 24.3 Å². The highest BCUT2D eigenvalue weighted by molar-refractivity contribution is 14.1. The molecule has 2 rings (SSSR count). The molecule has 21 heavy (non-hydrogen) atoms. The minimum Gasteiger partial charge on any atom is -0.325 e. The lowest BCUT2D eigenvalue weighted by atomic mass is 10.2. The van der Waals surface area contributed by atoms with Crippen molar-refractivity contribution in [2.75, 3.05) is 11.1 Å². The lowest BCUT2D eigenvalue weighted by Gasteiger charge is -2.07. The fourth-order valence-corrected chi connectivity index (χ4v) is 2.76. The maximum absolute atomic E-state index is 11.9. The summed E-state index contributed by atoms with van der Waals surface area (Å²) in [6, 6.07) is 7.69. The van der Waals surface area contributed by atoms with E-state index >= 15 is 0 Å². The first kappa shape index (κ1) is 16.2. The number of hydrogen-bond donors (Lipinski definition) is 1. The second kappa shape index (κ2) is 7.22. The molecule has 1 amide bonds. The zero-order chi connectivity index (χ0) is 15.4. The third-order valence-electron chi connectivity index (χ3n) is 3.07. The van der Waals surface area contributed by atoms with Gasteiger partial charge in [0.2, 0.25) is 5.91 Å². The van der Waals surface area contributed by atoms with Crippen molar-refractivity contribution >= 4 is 45.9 Å². The van der Waals surface area contributed by atoms with Crippen LogP contribution in [0.1, 0.15) is 17.0 Å². The van der Waals surface area contributed by atoms with E-state index < -0.39 is 0 Å². The van der Waals surface area contributed by atoms with E-state index in [9.17, 15) is 4.79 Å². The summed E-state index contributed by atoms with van der Waals surface area (Å²) >= 11 is 3.58. The standard InChI is InChI=1S/C15H16IN3OS/c1-9-10(2)17-15(18-11(9)3)21-8-14(20)19-13-6-4-12(16)5-7-13/h4-7H,8H2,1-3H3,(H,19,20). The van der Waals surface area contributed by atoms with E-state index in [2.05, 4.69) is 37.9 Å². The summed E-state index contributed by atoms with van der Waals surface area (Å²) in [5.74, 6) is 0.245. The molecule has 0 saturated heterocycles. The third-order valence-corrected chi connectivity index (χ3v) is 4.64. The number of carbonyl (C=O) groups excluding carboxylic acids is 1. The van der Waals surface area contributed by atoms with Crippen molar-refractivity contribution < 1.29 is 4.79 Å². The topological polar surface area (TPSA) is 54.9 Å². The van der Waals surface area contributed by atoms with Crippen LogP contribution >= 0.6 is 34.4 Å². The van der Waals surface area contributed by atoms with Crippen LogP contribution in [-0.2, 0) is 4.79 Å². The molecule has 0 aliphatic carbocycles. The van der Waals surface area contributed by atoms with Gasteiger partial charge in [0.1, 0.15) is 0 Å². The van der Waals surface area contributed by atoms with Gasteiger partial charge in [-0.1, -0.05) is 11.8 Å². The van der Waals surface area contributed by atoms with Gasteiger partial charge < -0.3 is 5.32 Å². The number of rotatable bonds is 4. The van der Waals surface area contributed by atoms with Gasteiger partial charge >= 0.3 is 0 Å². The van der Waals surface area contributed by atoms with Crippen molar-refractivity contribution in [1.29, 1.82) is 0 Å². The Bertz CT molecular complexity index is 635. The molecule has 0 aliphatic rings. The first-order valence-corrected chi connectivity index (χ1v) is 8.52. The molecule has 0 radical (unpaired) electrons. The summed E-state index contributed by atoms with van der Waals surface area (Å²) in [6.07, 6.45) is 0. The molecule has 2 aromatic rings. The van der Waals surface area contributed by atoms with Gasteiger partial charge in [0.25, 0.3) is 0 Å². The van der Waals surface area contributed by atoms with Crippen LogP contribution in [0.25, 0.3) is 0 Å². The number of aromatic nitrogens is 2. The van der Waals surface area contributed by atoms with E-state index in [0.717, 1.165) is 26.2 Å². The van der Waals surface area contributed by atoms with Gasteiger partial charge in [-0.25, -0.2) is 9.97 Å². The van der Waals surface area contributed by atoms with Crippen molar-refractivity contribution in [2.24, 2.45) is 0 Å². The van der Waals surface area contributed by atoms with Gasteiger partial charge in [-0.3, -0.25) is 4.79 Å². The minimum absolute atomic E-state index is 0.0549. The van der Waals surface area contributed by atoms with Crippen LogP contribution in [0.15, 0.2) is 29.4 Å². The maximum atomic E-state index is 11.9. The second-order valence-electron chi connectivity index (χ2n) is 4.65. The summed E-state index contributed by atoms with van der Waals surface area (Å²) in [4.78, 5) is 20.7. The summed E-state index contributed by atoms with van der Waals surface area (Å²) in [5.41, 5.74) is 3.83. The van der Waals surface area contributed by atoms with Crippen molar-refractivity contribution in [2.45, 2.75) is 25.9 Å². The van der Waals surface area contributed by atoms with Crippen molar-refractivity contribution in [3.05, 3.63) is 44.8 Å². The van der Waals surface area contributed by atoms with Gasteiger partial charge in [0.15, 0.2) is 5.16 Å². The van der Waals surface area contributed by atoms with E-state index in [1.54, 1.807) is 0 Å². The zero-order valence-corrected chi connectivity index (χ0v) is 15.1. The first-order valence-electron chi connectivity index (χ1n) is 6.46. The van der Waals surface area contributed by atoms with E-state index in [4.69, 9.17) is 0 Å². The molecule has 0 spiro atoms. The zero-order valence-electron chi connectivity index (χ0n) is 12.1. The molecule has 110 valence electrons. The Morgan fingerprint density at radius 1 is 1.14 bits per heavy atom.